The first kappa shape index (κ1) is 8.02. The number of hydrogen-bond donors (Lipinski definition) is 1. The van der Waals surface area contributed by atoms with Crippen LogP contribution < -0.4 is 5.32 Å². The van der Waals surface area contributed by atoms with Crippen LogP contribution in [0.3, 0.4) is 0 Å². The van der Waals surface area contributed by atoms with E-state index in [-0.39, 0.29) is 22.2 Å². The second-order valence-electron chi connectivity index (χ2n) is 4.49. The summed E-state index contributed by atoms with van der Waals surface area (Å²) in [6.07, 6.45) is 0.332. The number of rotatable bonds is 4. The summed E-state index contributed by atoms with van der Waals surface area (Å²) in [5, 5.41) is 2.93. The van der Waals surface area contributed by atoms with Crippen molar-refractivity contribution in [3.8, 4) is 0 Å². The van der Waals surface area contributed by atoms with Gasteiger partial charge in [0, 0.05) is 30.0 Å². The lowest BCUT2D eigenvalue weighted by Gasteiger charge is -2.30. The van der Waals surface area contributed by atoms with Gasteiger partial charge in [0.05, 0.1) is 15.6 Å². The van der Waals surface area contributed by atoms with Crippen molar-refractivity contribution in [3.05, 3.63) is 33.8 Å². The van der Waals surface area contributed by atoms with Gasteiger partial charge in [0.25, 0.3) is 5.91 Å². The number of carbonyl (C=O) groups is 1. The minimum Gasteiger partial charge on any atom is -0.334 e. The first-order chi connectivity index (χ1) is 12.7. The molecule has 2 rings (SSSR count). The normalized spacial score (nSPS) is 26.4. The van der Waals surface area contributed by atoms with Crippen molar-refractivity contribution in [1.82, 2.24) is 10.2 Å². The summed E-state index contributed by atoms with van der Waals surface area (Å²) in [5.41, 5.74) is -0.125. The molecule has 3 nitrogen and oxygen atoms in total. The number of benzene rings is 1. The molecule has 1 heterocycles. The van der Waals surface area contributed by atoms with Crippen molar-refractivity contribution in [1.29, 1.82) is 0 Å². The maximum absolute atomic E-state index is 13.3. The fraction of sp³-hybridized carbons (Fsp3) is 0.533. The summed E-state index contributed by atoms with van der Waals surface area (Å²) in [6, 6.07) is 3.49. The monoisotopic (exact) mass is 322 g/mol. The molecule has 110 valence electrons. The molecule has 0 saturated carbocycles. The van der Waals surface area contributed by atoms with Crippen LogP contribution in [0.5, 0.6) is 0 Å². The van der Waals surface area contributed by atoms with Crippen LogP contribution in [0.1, 0.15) is 41.4 Å². The number of amides is 1. The zero-order valence-corrected chi connectivity index (χ0v) is 12.1. The third-order valence-electron chi connectivity index (χ3n) is 3.07. The minimum absolute atomic E-state index is 0.0702. The number of halogens is 2. The maximum atomic E-state index is 13.3. The summed E-state index contributed by atoms with van der Waals surface area (Å²) in [6.45, 7) is -8.68. The fourth-order valence-corrected chi connectivity index (χ4v) is 2.51. The Hall–Kier alpha value is -0.770. The Morgan fingerprint density at radius 3 is 3.05 bits per heavy atom. The molecule has 0 bridgehead atoms. The average Bonchev–Trinajstić information content (AvgIpc) is 2.99. The topological polar surface area (TPSA) is 32.3 Å². The molecule has 0 spiro atoms. The van der Waals surface area contributed by atoms with Crippen LogP contribution >= 0.6 is 23.2 Å². The van der Waals surface area contributed by atoms with Crippen molar-refractivity contribution < 1.29 is 15.8 Å². The molecular formula is C15H20Cl2N2O. The van der Waals surface area contributed by atoms with Crippen LogP contribution in [-0.2, 0) is 0 Å². The van der Waals surface area contributed by atoms with E-state index in [1.165, 1.54) is 18.2 Å². The van der Waals surface area contributed by atoms with Gasteiger partial charge in [0.15, 0.2) is 0 Å². The number of nitrogens with zero attached hydrogens (tertiary/aromatic N) is 1. The molecule has 1 saturated heterocycles. The Bertz CT molecular complexity index is 718. The second-order valence-corrected chi connectivity index (χ2v) is 5.27. The summed E-state index contributed by atoms with van der Waals surface area (Å²) < 4.78 is 62.7. The standard InChI is InChI=1S/C15H20Cl2N2O/c1-10(2)9-19(11-6-7-18-8-11)15(20)12-4-3-5-13(16)14(12)17/h3-5,10-11,18H,6-9H2,1-2H3/i1D3,2D3,9D2. The molecule has 0 aromatic heterocycles. The van der Waals surface area contributed by atoms with Gasteiger partial charge >= 0.3 is 0 Å². The molecule has 1 aromatic carbocycles. The Kier molecular flexibility index (Phi) is 2.72. The summed E-state index contributed by atoms with van der Waals surface area (Å²) in [4.78, 5) is 14.0. The molecule has 1 atom stereocenters. The van der Waals surface area contributed by atoms with E-state index in [0.717, 1.165) is 0 Å². The molecule has 1 unspecified atom stereocenters. The van der Waals surface area contributed by atoms with Crippen LogP contribution in [0.15, 0.2) is 18.2 Å². The van der Waals surface area contributed by atoms with Gasteiger partial charge in [-0.1, -0.05) is 43.0 Å². The maximum Gasteiger partial charge on any atom is 0.255 e. The van der Waals surface area contributed by atoms with E-state index in [9.17, 15) is 4.79 Å². The van der Waals surface area contributed by atoms with Crippen molar-refractivity contribution in [2.24, 2.45) is 5.92 Å². The molecule has 5 heteroatoms. The Balaban J connectivity index is 2.62. The molecule has 1 N–H and O–H groups in total. The van der Waals surface area contributed by atoms with Gasteiger partial charge in [-0.2, -0.15) is 0 Å². The predicted molar refractivity (Wildman–Crippen MR) is 83.6 cm³/mol. The third kappa shape index (κ3) is 3.46. The lowest BCUT2D eigenvalue weighted by Crippen LogP contribution is -2.43. The predicted octanol–water partition coefficient (Wildman–Crippen LogP) is 3.45. The lowest BCUT2D eigenvalue weighted by molar-refractivity contribution is 0.0667. The summed E-state index contributed by atoms with van der Waals surface area (Å²) >= 11 is 12.1. The lowest BCUT2D eigenvalue weighted by atomic mass is 10.1. The fourth-order valence-electron chi connectivity index (χ4n) is 2.13. The van der Waals surface area contributed by atoms with E-state index < -0.39 is 38.1 Å². The zero-order chi connectivity index (χ0) is 21.5. The van der Waals surface area contributed by atoms with E-state index in [2.05, 4.69) is 5.32 Å². The van der Waals surface area contributed by atoms with Crippen molar-refractivity contribution in [2.45, 2.75) is 26.2 Å². The highest BCUT2D eigenvalue weighted by atomic mass is 35.5. The van der Waals surface area contributed by atoms with E-state index in [1.807, 2.05) is 0 Å². The Labute approximate surface area is 141 Å². The van der Waals surface area contributed by atoms with E-state index in [0.29, 0.717) is 17.9 Å². The molecule has 1 aliphatic rings. The molecule has 20 heavy (non-hydrogen) atoms. The van der Waals surface area contributed by atoms with Crippen LogP contribution in [0.2, 0.25) is 10.0 Å². The van der Waals surface area contributed by atoms with Gasteiger partial charge in [-0.3, -0.25) is 4.79 Å². The van der Waals surface area contributed by atoms with Gasteiger partial charge in [0.2, 0.25) is 0 Å². The van der Waals surface area contributed by atoms with Gasteiger partial charge in [0.1, 0.15) is 0 Å². The van der Waals surface area contributed by atoms with Gasteiger partial charge in [-0.15, -0.1) is 0 Å². The van der Waals surface area contributed by atoms with Crippen LogP contribution in [0.25, 0.3) is 0 Å². The molecule has 1 aliphatic heterocycles. The number of carbonyl (C=O) groups excluding carboxylic acids is 1. The molecule has 0 aliphatic carbocycles. The molecular weight excluding hydrogens is 295 g/mol. The van der Waals surface area contributed by atoms with Gasteiger partial charge in [-0.25, -0.2) is 0 Å². The third-order valence-corrected chi connectivity index (χ3v) is 3.89. The SMILES string of the molecule is [2H]C([2H])([2H])C(C([2H])([2H])[2H])C([2H])([2H])N(C(=O)c1cccc(Cl)c1Cl)C1CCNC1. The highest BCUT2D eigenvalue weighted by molar-refractivity contribution is 6.43. The smallest absolute Gasteiger partial charge is 0.255 e. The minimum atomic E-state index is -3.17. The number of hydrogen-bond acceptors (Lipinski definition) is 2. The first-order valence-electron chi connectivity index (χ1n) is 10.2. The largest absolute Gasteiger partial charge is 0.334 e. The molecule has 0 radical (unpaired) electrons. The molecule has 1 aromatic rings. The van der Waals surface area contributed by atoms with E-state index >= 15 is 0 Å². The molecule has 1 fully saturated rings. The van der Waals surface area contributed by atoms with Crippen LogP contribution in [0.4, 0.5) is 0 Å². The van der Waals surface area contributed by atoms with Crippen LogP contribution in [-0.4, -0.2) is 36.4 Å². The van der Waals surface area contributed by atoms with Crippen molar-refractivity contribution in [2.75, 3.05) is 19.6 Å². The van der Waals surface area contributed by atoms with Crippen molar-refractivity contribution >= 4 is 29.1 Å². The summed E-state index contributed by atoms with van der Waals surface area (Å²) in [5.74, 6) is -3.32. The first-order valence-corrected chi connectivity index (χ1v) is 6.93. The van der Waals surface area contributed by atoms with Gasteiger partial charge in [-0.05, 0) is 31.0 Å². The highest BCUT2D eigenvalue weighted by Gasteiger charge is 2.29. The molecule has 1 amide bonds. The quantitative estimate of drug-likeness (QED) is 0.920. The second kappa shape index (κ2) is 6.79. The van der Waals surface area contributed by atoms with Crippen LogP contribution in [0, 0.1) is 5.92 Å². The zero-order valence-electron chi connectivity index (χ0n) is 18.6. The van der Waals surface area contributed by atoms with Gasteiger partial charge < -0.3 is 10.2 Å². The van der Waals surface area contributed by atoms with Crippen molar-refractivity contribution in [3.63, 3.8) is 0 Å². The summed E-state index contributed by atoms with van der Waals surface area (Å²) in [7, 11) is 0. The Morgan fingerprint density at radius 2 is 2.40 bits per heavy atom. The number of nitrogens with one attached hydrogen (secondary N) is 1. The Morgan fingerprint density at radius 1 is 1.60 bits per heavy atom. The average molecular weight is 323 g/mol. The van der Waals surface area contributed by atoms with E-state index in [4.69, 9.17) is 34.2 Å². The highest BCUT2D eigenvalue weighted by Crippen LogP contribution is 2.27. The van der Waals surface area contributed by atoms with E-state index in [1.54, 1.807) is 0 Å².